The zero-order valence-electron chi connectivity index (χ0n) is 17.3. The van der Waals surface area contributed by atoms with Crippen LogP contribution in [-0.2, 0) is 16.1 Å². The molecule has 7 nitrogen and oxygen atoms in total. The predicted molar refractivity (Wildman–Crippen MR) is 116 cm³/mol. The Balaban J connectivity index is 1.57. The number of nitrogens with one attached hydrogen (secondary N) is 1. The Morgan fingerprint density at radius 3 is 2.29 bits per heavy atom. The zero-order chi connectivity index (χ0) is 22.1. The van der Waals surface area contributed by atoms with Crippen LogP contribution in [0, 0.1) is 0 Å². The van der Waals surface area contributed by atoms with Crippen molar-refractivity contribution in [2.75, 3.05) is 26.1 Å². The van der Waals surface area contributed by atoms with Crippen molar-refractivity contribution in [1.29, 1.82) is 0 Å². The summed E-state index contributed by atoms with van der Waals surface area (Å²) in [6.07, 6.45) is 0. The number of carbonyl (C=O) groups excluding carboxylic acids is 2. The molecule has 0 heterocycles. The lowest BCUT2D eigenvalue weighted by Crippen LogP contribution is -2.21. The summed E-state index contributed by atoms with van der Waals surface area (Å²) < 4.78 is 21.3. The van der Waals surface area contributed by atoms with Gasteiger partial charge in [-0.05, 0) is 30.3 Å². The van der Waals surface area contributed by atoms with E-state index in [1.165, 1.54) is 14.2 Å². The van der Waals surface area contributed by atoms with E-state index in [1.807, 2.05) is 36.4 Å². The molecule has 0 bridgehead atoms. The highest BCUT2D eigenvalue weighted by Crippen LogP contribution is 2.29. The second-order valence-electron chi connectivity index (χ2n) is 6.45. The number of ether oxygens (including phenoxy) is 4. The van der Waals surface area contributed by atoms with Gasteiger partial charge in [0.15, 0.2) is 18.1 Å². The molecule has 0 saturated heterocycles. The SMILES string of the molecule is COc1ccc(NC(=O)COC(=O)c2ccccc2COc2ccccc2)cc1OC. The molecule has 7 heteroatoms. The lowest BCUT2D eigenvalue weighted by molar-refractivity contribution is -0.119. The zero-order valence-corrected chi connectivity index (χ0v) is 17.3. The number of methoxy groups -OCH3 is 2. The van der Waals surface area contributed by atoms with E-state index in [9.17, 15) is 9.59 Å². The van der Waals surface area contributed by atoms with E-state index in [2.05, 4.69) is 5.32 Å². The molecule has 3 aromatic carbocycles. The molecule has 3 rings (SSSR count). The summed E-state index contributed by atoms with van der Waals surface area (Å²) in [6.45, 7) is -0.228. The monoisotopic (exact) mass is 421 g/mol. The summed E-state index contributed by atoms with van der Waals surface area (Å²) in [7, 11) is 3.03. The summed E-state index contributed by atoms with van der Waals surface area (Å²) in [5, 5.41) is 2.66. The van der Waals surface area contributed by atoms with Crippen LogP contribution in [0.4, 0.5) is 5.69 Å². The minimum atomic E-state index is -0.602. The molecule has 0 atom stereocenters. The minimum absolute atomic E-state index is 0.202. The third kappa shape index (κ3) is 5.99. The van der Waals surface area contributed by atoms with Gasteiger partial charge in [-0.2, -0.15) is 0 Å². The second-order valence-corrected chi connectivity index (χ2v) is 6.45. The lowest BCUT2D eigenvalue weighted by atomic mass is 10.1. The maximum absolute atomic E-state index is 12.5. The molecule has 0 spiro atoms. The number of amides is 1. The van der Waals surface area contributed by atoms with E-state index in [0.717, 1.165) is 0 Å². The quantitative estimate of drug-likeness (QED) is 0.524. The second kappa shape index (κ2) is 10.7. The molecule has 0 radical (unpaired) electrons. The standard InChI is InChI=1S/C24H23NO6/c1-28-21-13-12-18(14-22(21)29-2)25-23(26)16-31-24(27)20-11-7-6-8-17(20)15-30-19-9-4-3-5-10-19/h3-14H,15-16H2,1-2H3,(H,25,26). The van der Waals surface area contributed by atoms with Crippen molar-refractivity contribution in [3.8, 4) is 17.2 Å². The number of anilines is 1. The highest BCUT2D eigenvalue weighted by molar-refractivity contribution is 5.96. The molecule has 160 valence electrons. The Kier molecular flexibility index (Phi) is 7.48. The van der Waals surface area contributed by atoms with Gasteiger partial charge in [-0.25, -0.2) is 4.79 Å². The maximum atomic E-state index is 12.5. The largest absolute Gasteiger partial charge is 0.493 e. The van der Waals surface area contributed by atoms with Crippen LogP contribution < -0.4 is 19.5 Å². The highest BCUT2D eigenvalue weighted by atomic mass is 16.5. The summed E-state index contributed by atoms with van der Waals surface area (Å²) in [4.78, 5) is 24.7. The van der Waals surface area contributed by atoms with E-state index in [0.29, 0.717) is 34.1 Å². The average Bonchev–Trinajstić information content (AvgIpc) is 2.82. The first-order valence-electron chi connectivity index (χ1n) is 9.55. The molecule has 0 aliphatic carbocycles. The molecule has 0 aromatic heterocycles. The Morgan fingerprint density at radius 1 is 0.839 bits per heavy atom. The number of esters is 1. The van der Waals surface area contributed by atoms with Gasteiger partial charge in [-0.3, -0.25) is 4.79 Å². The van der Waals surface area contributed by atoms with Crippen molar-refractivity contribution >= 4 is 17.6 Å². The third-order valence-electron chi connectivity index (χ3n) is 4.38. The summed E-state index contributed by atoms with van der Waals surface area (Å²) in [5.74, 6) is 0.638. The van der Waals surface area contributed by atoms with Crippen LogP contribution in [0.5, 0.6) is 17.2 Å². The number of rotatable bonds is 9. The van der Waals surface area contributed by atoms with Gasteiger partial charge < -0.3 is 24.3 Å². The molecule has 0 aliphatic rings. The van der Waals surface area contributed by atoms with Crippen LogP contribution in [-0.4, -0.2) is 32.7 Å². The van der Waals surface area contributed by atoms with Crippen molar-refractivity contribution in [2.45, 2.75) is 6.61 Å². The van der Waals surface area contributed by atoms with E-state index in [1.54, 1.807) is 36.4 Å². The molecule has 0 saturated carbocycles. The van der Waals surface area contributed by atoms with E-state index in [4.69, 9.17) is 18.9 Å². The Morgan fingerprint density at radius 2 is 1.55 bits per heavy atom. The van der Waals surface area contributed by atoms with Gasteiger partial charge in [0.05, 0.1) is 19.8 Å². The first-order chi connectivity index (χ1) is 15.1. The van der Waals surface area contributed by atoms with Gasteiger partial charge in [-0.15, -0.1) is 0 Å². The summed E-state index contributed by atoms with van der Waals surface area (Å²) in [6, 6.07) is 21.2. The molecular formula is C24H23NO6. The number of hydrogen-bond acceptors (Lipinski definition) is 6. The van der Waals surface area contributed by atoms with Crippen LogP contribution >= 0.6 is 0 Å². The van der Waals surface area contributed by atoms with Crippen molar-refractivity contribution in [3.63, 3.8) is 0 Å². The van der Waals surface area contributed by atoms with Crippen LogP contribution in [0.3, 0.4) is 0 Å². The fourth-order valence-corrected chi connectivity index (χ4v) is 2.84. The molecule has 1 N–H and O–H groups in total. The Hall–Kier alpha value is -4.00. The molecule has 0 aliphatic heterocycles. The molecule has 0 unspecified atom stereocenters. The van der Waals surface area contributed by atoms with Gasteiger partial charge in [0, 0.05) is 17.3 Å². The number of hydrogen-bond donors (Lipinski definition) is 1. The Bertz CT molecular complexity index is 1040. The van der Waals surface area contributed by atoms with Gasteiger partial charge in [0.1, 0.15) is 12.4 Å². The van der Waals surface area contributed by atoms with E-state index >= 15 is 0 Å². The van der Waals surface area contributed by atoms with Gasteiger partial charge in [0.25, 0.3) is 5.91 Å². The third-order valence-corrected chi connectivity index (χ3v) is 4.38. The topological polar surface area (TPSA) is 83.1 Å². The normalized spacial score (nSPS) is 10.1. The van der Waals surface area contributed by atoms with Gasteiger partial charge >= 0.3 is 5.97 Å². The molecule has 1 amide bonds. The van der Waals surface area contributed by atoms with Gasteiger partial charge in [0.2, 0.25) is 0 Å². The minimum Gasteiger partial charge on any atom is -0.493 e. The van der Waals surface area contributed by atoms with Crippen molar-refractivity contribution in [3.05, 3.63) is 83.9 Å². The van der Waals surface area contributed by atoms with Crippen LogP contribution in [0.15, 0.2) is 72.8 Å². The Labute approximate surface area is 180 Å². The molecule has 0 fully saturated rings. The summed E-state index contributed by atoms with van der Waals surface area (Å²) >= 11 is 0. The molecular weight excluding hydrogens is 398 g/mol. The van der Waals surface area contributed by atoms with Crippen LogP contribution in [0.25, 0.3) is 0 Å². The highest BCUT2D eigenvalue weighted by Gasteiger charge is 2.15. The molecule has 3 aromatic rings. The fraction of sp³-hybridized carbons (Fsp3) is 0.167. The van der Waals surface area contributed by atoms with Gasteiger partial charge in [-0.1, -0.05) is 36.4 Å². The number of carbonyl (C=O) groups is 2. The van der Waals surface area contributed by atoms with Crippen LogP contribution in [0.2, 0.25) is 0 Å². The van der Waals surface area contributed by atoms with Crippen LogP contribution in [0.1, 0.15) is 15.9 Å². The summed E-state index contributed by atoms with van der Waals surface area (Å²) in [5.41, 5.74) is 1.50. The van der Waals surface area contributed by atoms with Crippen molar-refractivity contribution in [2.24, 2.45) is 0 Å². The fourth-order valence-electron chi connectivity index (χ4n) is 2.84. The lowest BCUT2D eigenvalue weighted by Gasteiger charge is -2.12. The maximum Gasteiger partial charge on any atom is 0.339 e. The first kappa shape index (κ1) is 21.7. The molecule has 31 heavy (non-hydrogen) atoms. The first-order valence-corrected chi connectivity index (χ1v) is 9.55. The smallest absolute Gasteiger partial charge is 0.339 e. The van der Waals surface area contributed by atoms with Crippen molar-refractivity contribution in [1.82, 2.24) is 0 Å². The van der Waals surface area contributed by atoms with Crippen molar-refractivity contribution < 1.29 is 28.5 Å². The number of para-hydroxylation sites is 1. The number of benzene rings is 3. The van der Waals surface area contributed by atoms with E-state index in [-0.39, 0.29) is 6.61 Å². The predicted octanol–water partition coefficient (Wildman–Crippen LogP) is 4.08. The van der Waals surface area contributed by atoms with E-state index < -0.39 is 18.5 Å². The average molecular weight is 421 g/mol.